The Bertz CT molecular complexity index is 482. The van der Waals surface area contributed by atoms with Crippen LogP contribution in [0.15, 0.2) is 0 Å². The number of nitriles is 1. The molecule has 3 rings (SSSR count). The van der Waals surface area contributed by atoms with E-state index >= 15 is 0 Å². The van der Waals surface area contributed by atoms with Crippen molar-refractivity contribution in [1.82, 2.24) is 14.3 Å². The molecule has 2 aliphatic rings. The second-order valence-corrected chi connectivity index (χ2v) is 6.40. The van der Waals surface area contributed by atoms with E-state index in [9.17, 15) is 5.26 Å². The highest BCUT2D eigenvalue weighted by Crippen LogP contribution is 2.39. The predicted octanol–water partition coefficient (Wildman–Crippen LogP) is 2.23. The molecule has 5 nitrogen and oxygen atoms in total. The molecule has 1 unspecified atom stereocenters. The topological polar surface area (TPSA) is 56.1 Å². The molecule has 6 heteroatoms. The first-order valence-corrected chi connectivity index (χ1v) is 8.31. The molecule has 0 spiro atoms. The average Bonchev–Trinajstić information content (AvgIpc) is 3.23. The first-order chi connectivity index (χ1) is 9.81. The summed E-state index contributed by atoms with van der Waals surface area (Å²) >= 11 is 1.53. The summed E-state index contributed by atoms with van der Waals surface area (Å²) in [5, 5.41) is 10.3. The van der Waals surface area contributed by atoms with E-state index < -0.39 is 0 Å². The van der Waals surface area contributed by atoms with Crippen molar-refractivity contribution in [3.8, 4) is 6.07 Å². The molecule has 0 N–H and O–H groups in total. The average molecular weight is 291 g/mol. The molecule has 1 aromatic heterocycles. The van der Waals surface area contributed by atoms with Crippen molar-refractivity contribution < 1.29 is 0 Å². The molecule has 1 atom stereocenters. The third-order valence-electron chi connectivity index (χ3n) is 4.11. The van der Waals surface area contributed by atoms with Crippen molar-refractivity contribution in [1.29, 1.82) is 5.26 Å². The Kier molecular flexibility index (Phi) is 4.18. The van der Waals surface area contributed by atoms with E-state index in [-0.39, 0.29) is 6.04 Å². The Morgan fingerprint density at radius 1 is 1.35 bits per heavy atom. The lowest BCUT2D eigenvalue weighted by atomic mass is 10.1. The van der Waals surface area contributed by atoms with Crippen molar-refractivity contribution in [2.45, 2.75) is 44.6 Å². The maximum absolute atomic E-state index is 9.24. The summed E-state index contributed by atoms with van der Waals surface area (Å²) in [6.07, 6.45) is 4.55. The third kappa shape index (κ3) is 2.94. The largest absolute Gasteiger partial charge is 0.344 e. The maximum Gasteiger partial charge on any atom is 0.205 e. The van der Waals surface area contributed by atoms with Crippen molar-refractivity contribution in [3.05, 3.63) is 5.82 Å². The Balaban J connectivity index is 1.56. The number of hydrogen-bond donors (Lipinski definition) is 0. The summed E-state index contributed by atoms with van der Waals surface area (Å²) < 4.78 is 4.48. The molecule has 108 valence electrons. The van der Waals surface area contributed by atoms with Crippen LogP contribution in [0.5, 0.6) is 0 Å². The van der Waals surface area contributed by atoms with Gasteiger partial charge in [0.2, 0.25) is 5.13 Å². The van der Waals surface area contributed by atoms with Crippen molar-refractivity contribution in [2.75, 3.05) is 31.1 Å². The van der Waals surface area contributed by atoms with Crippen molar-refractivity contribution >= 4 is 16.7 Å². The van der Waals surface area contributed by atoms with E-state index in [2.05, 4.69) is 32.2 Å². The van der Waals surface area contributed by atoms with Crippen LogP contribution >= 0.6 is 11.5 Å². The Hall–Kier alpha value is -1.19. The summed E-state index contributed by atoms with van der Waals surface area (Å²) in [6.45, 7) is 5.97. The fraction of sp³-hybridized carbons (Fsp3) is 0.786. The van der Waals surface area contributed by atoms with Gasteiger partial charge in [-0.15, -0.1) is 0 Å². The van der Waals surface area contributed by atoms with E-state index in [0.717, 1.165) is 50.0 Å². The Morgan fingerprint density at radius 3 is 2.70 bits per heavy atom. The molecule has 1 aromatic rings. The molecular formula is C14H21N5S. The monoisotopic (exact) mass is 291 g/mol. The highest BCUT2D eigenvalue weighted by molar-refractivity contribution is 7.09. The molecular weight excluding hydrogens is 270 g/mol. The standard InChI is InChI=1S/C14H21N5S/c1-2-3-12(10-15)18-6-8-19(9-7-18)14-16-13(17-20-14)11-4-5-11/h11-12H,2-9H2,1H3. The van der Waals surface area contributed by atoms with Crippen LogP contribution in [0.25, 0.3) is 0 Å². The van der Waals surface area contributed by atoms with E-state index in [4.69, 9.17) is 0 Å². The van der Waals surface area contributed by atoms with Gasteiger partial charge >= 0.3 is 0 Å². The summed E-state index contributed by atoms with van der Waals surface area (Å²) in [6, 6.07) is 2.52. The molecule has 2 heterocycles. The zero-order valence-electron chi connectivity index (χ0n) is 12.0. The van der Waals surface area contributed by atoms with Crippen molar-refractivity contribution in [2.24, 2.45) is 0 Å². The SMILES string of the molecule is CCCC(C#N)N1CCN(c2nc(C3CC3)ns2)CC1. The summed E-state index contributed by atoms with van der Waals surface area (Å²) in [4.78, 5) is 9.30. The molecule has 1 saturated heterocycles. The molecule has 0 bridgehead atoms. The molecule has 0 radical (unpaired) electrons. The zero-order valence-corrected chi connectivity index (χ0v) is 12.8. The lowest BCUT2D eigenvalue weighted by Gasteiger charge is -2.36. The minimum Gasteiger partial charge on any atom is -0.344 e. The molecule has 0 aromatic carbocycles. The second-order valence-electron chi connectivity index (χ2n) is 5.67. The van der Waals surface area contributed by atoms with E-state index in [0.29, 0.717) is 5.92 Å². The van der Waals surface area contributed by atoms with Gasteiger partial charge in [-0.3, -0.25) is 4.90 Å². The van der Waals surface area contributed by atoms with Gasteiger partial charge in [0.1, 0.15) is 5.82 Å². The van der Waals surface area contributed by atoms with Gasteiger partial charge in [0.15, 0.2) is 0 Å². The Labute approximate surface area is 124 Å². The van der Waals surface area contributed by atoms with Gasteiger partial charge in [-0.1, -0.05) is 13.3 Å². The van der Waals surface area contributed by atoms with Gasteiger partial charge in [-0.2, -0.15) is 9.64 Å². The summed E-state index contributed by atoms with van der Waals surface area (Å²) in [5.74, 6) is 1.68. The van der Waals surface area contributed by atoms with Gasteiger partial charge in [0.25, 0.3) is 0 Å². The van der Waals surface area contributed by atoms with Gasteiger partial charge < -0.3 is 4.90 Å². The van der Waals surface area contributed by atoms with Crippen molar-refractivity contribution in [3.63, 3.8) is 0 Å². The number of hydrogen-bond acceptors (Lipinski definition) is 6. The molecule has 2 fully saturated rings. The van der Waals surface area contributed by atoms with Crippen LogP contribution in [0.1, 0.15) is 44.3 Å². The van der Waals surface area contributed by atoms with Crippen LogP contribution < -0.4 is 4.90 Å². The van der Waals surface area contributed by atoms with Gasteiger partial charge in [-0.05, 0) is 19.3 Å². The number of nitrogens with zero attached hydrogens (tertiary/aromatic N) is 5. The normalized spacial score (nSPS) is 21.7. The number of piperazine rings is 1. The van der Waals surface area contributed by atoms with E-state index in [1.165, 1.54) is 24.4 Å². The minimum absolute atomic E-state index is 0.0820. The van der Waals surface area contributed by atoms with Gasteiger partial charge in [-0.25, -0.2) is 4.98 Å². The van der Waals surface area contributed by atoms with Crippen LogP contribution in [-0.2, 0) is 0 Å². The predicted molar refractivity (Wildman–Crippen MR) is 80.0 cm³/mol. The van der Waals surface area contributed by atoms with E-state index in [1.54, 1.807) is 0 Å². The first kappa shape index (κ1) is 13.8. The summed E-state index contributed by atoms with van der Waals surface area (Å²) in [5.41, 5.74) is 0. The first-order valence-electron chi connectivity index (χ1n) is 7.54. The fourth-order valence-electron chi connectivity index (χ4n) is 2.69. The van der Waals surface area contributed by atoms with E-state index in [1.807, 2.05) is 0 Å². The number of anilines is 1. The van der Waals surface area contributed by atoms with Crippen LogP contribution in [0.2, 0.25) is 0 Å². The van der Waals surface area contributed by atoms with Gasteiger partial charge in [0, 0.05) is 43.6 Å². The number of aromatic nitrogens is 2. The minimum atomic E-state index is 0.0820. The smallest absolute Gasteiger partial charge is 0.205 e. The molecule has 1 aliphatic heterocycles. The quantitative estimate of drug-likeness (QED) is 0.832. The zero-order chi connectivity index (χ0) is 13.9. The molecule has 1 aliphatic carbocycles. The number of rotatable bonds is 5. The Morgan fingerprint density at radius 2 is 2.10 bits per heavy atom. The maximum atomic E-state index is 9.24. The highest BCUT2D eigenvalue weighted by Gasteiger charge is 2.30. The highest BCUT2D eigenvalue weighted by atomic mass is 32.1. The lowest BCUT2D eigenvalue weighted by Crippen LogP contribution is -2.50. The lowest BCUT2D eigenvalue weighted by molar-refractivity contribution is 0.211. The molecule has 20 heavy (non-hydrogen) atoms. The van der Waals surface area contributed by atoms with Gasteiger partial charge in [0.05, 0.1) is 12.1 Å². The van der Waals surface area contributed by atoms with Crippen LogP contribution in [0.4, 0.5) is 5.13 Å². The van der Waals surface area contributed by atoms with Crippen LogP contribution in [0.3, 0.4) is 0 Å². The fourth-order valence-corrected chi connectivity index (χ4v) is 3.49. The molecule has 0 amide bonds. The summed E-state index contributed by atoms with van der Waals surface area (Å²) in [7, 11) is 0. The molecule has 1 saturated carbocycles. The van der Waals surface area contributed by atoms with Crippen LogP contribution in [-0.4, -0.2) is 46.5 Å². The second kappa shape index (κ2) is 6.06. The van der Waals surface area contributed by atoms with Crippen LogP contribution in [0, 0.1) is 11.3 Å². The third-order valence-corrected chi connectivity index (χ3v) is 4.90.